The number of nitrogens with one attached hydrogen (secondary N) is 3. The Morgan fingerprint density at radius 2 is 1.91 bits per heavy atom. The lowest BCUT2D eigenvalue weighted by atomic mass is 10.1. The molecule has 4 heterocycles. The summed E-state index contributed by atoms with van der Waals surface area (Å²) in [4.78, 5) is 23.6. The van der Waals surface area contributed by atoms with E-state index in [4.69, 9.17) is 4.74 Å². The SMILES string of the molecule is Cl.c1cc(CN2CCNCC2)cc(Nc2nc3ccc(-c4cc(OCC5CC5)ncn4)cc3[nH]2)n1. The molecule has 182 valence electrons. The number of pyridine rings is 1. The highest BCUT2D eigenvalue weighted by atomic mass is 35.5. The summed E-state index contributed by atoms with van der Waals surface area (Å²) in [6.45, 7) is 5.88. The minimum absolute atomic E-state index is 0. The summed E-state index contributed by atoms with van der Waals surface area (Å²) in [5.74, 6) is 2.74. The number of piperazine rings is 1. The van der Waals surface area contributed by atoms with E-state index in [0.717, 1.165) is 67.4 Å². The Labute approximate surface area is 210 Å². The molecule has 2 aliphatic rings. The quantitative estimate of drug-likeness (QED) is 0.341. The number of imidazole rings is 1. The molecule has 1 aromatic carbocycles. The number of ether oxygens (including phenoxy) is 1. The maximum Gasteiger partial charge on any atom is 0.216 e. The molecule has 1 aliphatic carbocycles. The molecular weight excluding hydrogens is 464 g/mol. The van der Waals surface area contributed by atoms with Gasteiger partial charge in [-0.2, -0.15) is 0 Å². The smallest absolute Gasteiger partial charge is 0.216 e. The molecule has 2 fully saturated rings. The molecule has 4 aromatic rings. The number of rotatable bonds is 8. The van der Waals surface area contributed by atoms with Gasteiger partial charge in [-0.3, -0.25) is 4.90 Å². The van der Waals surface area contributed by atoms with Crippen LogP contribution in [0.25, 0.3) is 22.3 Å². The number of hydrogen-bond donors (Lipinski definition) is 3. The zero-order chi connectivity index (χ0) is 22.7. The van der Waals surface area contributed by atoms with Gasteiger partial charge in [0, 0.05) is 50.6 Å². The molecule has 0 atom stereocenters. The maximum absolute atomic E-state index is 5.81. The van der Waals surface area contributed by atoms with Crippen LogP contribution in [0.2, 0.25) is 0 Å². The van der Waals surface area contributed by atoms with Crippen LogP contribution in [0.4, 0.5) is 11.8 Å². The largest absolute Gasteiger partial charge is 0.477 e. The van der Waals surface area contributed by atoms with Crippen molar-refractivity contribution in [3.8, 4) is 17.1 Å². The fourth-order valence-electron chi connectivity index (χ4n) is 4.18. The van der Waals surface area contributed by atoms with Crippen LogP contribution in [0.3, 0.4) is 0 Å². The predicted molar refractivity (Wildman–Crippen MR) is 138 cm³/mol. The van der Waals surface area contributed by atoms with Gasteiger partial charge in [-0.05, 0) is 48.6 Å². The number of anilines is 2. The molecule has 9 nitrogen and oxygen atoms in total. The number of aromatic nitrogens is 5. The number of aromatic amines is 1. The fourth-order valence-corrected chi connectivity index (χ4v) is 4.18. The Morgan fingerprint density at radius 3 is 2.77 bits per heavy atom. The number of H-pyrrole nitrogens is 1. The van der Waals surface area contributed by atoms with Crippen molar-refractivity contribution in [2.75, 3.05) is 38.1 Å². The lowest BCUT2D eigenvalue weighted by molar-refractivity contribution is 0.233. The van der Waals surface area contributed by atoms with Gasteiger partial charge < -0.3 is 20.4 Å². The fraction of sp³-hybridized carbons (Fsp3) is 0.360. The number of halogens is 1. The first kappa shape index (κ1) is 23.5. The second kappa shape index (κ2) is 10.6. The van der Waals surface area contributed by atoms with Gasteiger partial charge >= 0.3 is 0 Å². The van der Waals surface area contributed by atoms with Gasteiger partial charge in [-0.15, -0.1) is 12.4 Å². The molecular formula is C25H29ClN8O. The standard InChI is InChI=1S/C25H28N8O.ClH/c1-2-17(1)15-34-24-13-21(28-16-29-24)19-3-4-20-22(12-19)31-25(30-20)32-23-11-18(5-6-27-23)14-33-9-7-26-8-10-33;/h3-6,11-13,16-17,26H,1-2,7-10,14-15H2,(H2,27,30,31,32);1H. The van der Waals surface area contributed by atoms with Crippen molar-refractivity contribution in [2.45, 2.75) is 19.4 Å². The van der Waals surface area contributed by atoms with Crippen LogP contribution in [0.5, 0.6) is 5.88 Å². The highest BCUT2D eigenvalue weighted by molar-refractivity contribution is 5.85. The van der Waals surface area contributed by atoms with Crippen LogP contribution >= 0.6 is 12.4 Å². The first-order valence-electron chi connectivity index (χ1n) is 11.9. The lowest BCUT2D eigenvalue weighted by Crippen LogP contribution is -2.42. The molecule has 0 amide bonds. The van der Waals surface area contributed by atoms with Gasteiger partial charge in [0.15, 0.2) is 0 Å². The minimum Gasteiger partial charge on any atom is -0.477 e. The highest BCUT2D eigenvalue weighted by Gasteiger charge is 2.22. The second-order valence-electron chi connectivity index (χ2n) is 9.01. The second-order valence-corrected chi connectivity index (χ2v) is 9.01. The van der Waals surface area contributed by atoms with Crippen LogP contribution < -0.4 is 15.4 Å². The van der Waals surface area contributed by atoms with E-state index < -0.39 is 0 Å². The van der Waals surface area contributed by atoms with E-state index in [0.29, 0.717) is 17.7 Å². The minimum atomic E-state index is 0. The molecule has 1 aliphatic heterocycles. The van der Waals surface area contributed by atoms with Crippen molar-refractivity contribution in [1.82, 2.24) is 35.1 Å². The van der Waals surface area contributed by atoms with Crippen molar-refractivity contribution in [1.29, 1.82) is 0 Å². The van der Waals surface area contributed by atoms with Crippen LogP contribution in [0.1, 0.15) is 18.4 Å². The van der Waals surface area contributed by atoms with E-state index >= 15 is 0 Å². The first-order chi connectivity index (χ1) is 16.8. The van der Waals surface area contributed by atoms with Crippen LogP contribution in [0, 0.1) is 5.92 Å². The Balaban J connectivity index is 0.00000253. The summed E-state index contributed by atoms with van der Waals surface area (Å²) >= 11 is 0. The van der Waals surface area contributed by atoms with Crippen LogP contribution in [0.15, 0.2) is 48.9 Å². The van der Waals surface area contributed by atoms with Crippen molar-refractivity contribution in [3.63, 3.8) is 0 Å². The highest BCUT2D eigenvalue weighted by Crippen LogP contribution is 2.30. The topological polar surface area (TPSA) is 104 Å². The van der Waals surface area contributed by atoms with Crippen molar-refractivity contribution < 1.29 is 4.74 Å². The third kappa shape index (κ3) is 5.87. The molecule has 0 unspecified atom stereocenters. The summed E-state index contributed by atoms with van der Waals surface area (Å²) in [7, 11) is 0. The normalized spacial score (nSPS) is 16.1. The Morgan fingerprint density at radius 1 is 1.03 bits per heavy atom. The first-order valence-corrected chi connectivity index (χ1v) is 11.9. The third-order valence-electron chi connectivity index (χ3n) is 6.27. The van der Waals surface area contributed by atoms with E-state index in [1.54, 1.807) is 6.33 Å². The summed E-state index contributed by atoms with van der Waals surface area (Å²) in [5, 5.41) is 6.71. The van der Waals surface area contributed by atoms with Crippen molar-refractivity contribution >= 4 is 35.2 Å². The van der Waals surface area contributed by atoms with Gasteiger partial charge in [0.2, 0.25) is 11.8 Å². The maximum atomic E-state index is 5.81. The monoisotopic (exact) mass is 492 g/mol. The van der Waals surface area contributed by atoms with E-state index in [2.05, 4.69) is 58.7 Å². The molecule has 35 heavy (non-hydrogen) atoms. The Bertz CT molecular complexity index is 1290. The molecule has 0 radical (unpaired) electrons. The number of benzene rings is 1. The van der Waals surface area contributed by atoms with E-state index in [-0.39, 0.29) is 12.4 Å². The zero-order valence-electron chi connectivity index (χ0n) is 19.4. The van der Waals surface area contributed by atoms with E-state index in [9.17, 15) is 0 Å². The Kier molecular flexibility index (Phi) is 7.08. The number of nitrogens with zero attached hydrogens (tertiary/aromatic N) is 5. The average molecular weight is 493 g/mol. The van der Waals surface area contributed by atoms with Gasteiger partial charge in [-0.25, -0.2) is 19.9 Å². The third-order valence-corrected chi connectivity index (χ3v) is 6.27. The Hall–Kier alpha value is -3.27. The molecule has 1 saturated carbocycles. The summed E-state index contributed by atoms with van der Waals surface area (Å²) in [5.41, 5.74) is 4.85. The van der Waals surface area contributed by atoms with Crippen LogP contribution in [-0.4, -0.2) is 62.6 Å². The van der Waals surface area contributed by atoms with Crippen molar-refractivity contribution in [2.24, 2.45) is 5.92 Å². The zero-order valence-corrected chi connectivity index (χ0v) is 20.2. The van der Waals surface area contributed by atoms with E-state index in [1.807, 2.05) is 24.4 Å². The average Bonchev–Trinajstić information content (AvgIpc) is 3.61. The molecule has 10 heteroatoms. The van der Waals surface area contributed by atoms with Crippen molar-refractivity contribution in [3.05, 3.63) is 54.5 Å². The lowest BCUT2D eigenvalue weighted by Gasteiger charge is -2.27. The summed E-state index contributed by atoms with van der Waals surface area (Å²) < 4.78 is 5.81. The van der Waals surface area contributed by atoms with E-state index in [1.165, 1.54) is 18.4 Å². The predicted octanol–water partition coefficient (Wildman–Crippen LogP) is 3.77. The van der Waals surface area contributed by atoms with Gasteiger partial charge in [-0.1, -0.05) is 6.07 Å². The van der Waals surface area contributed by atoms with Gasteiger partial charge in [0.1, 0.15) is 12.1 Å². The molecule has 1 saturated heterocycles. The number of hydrogen-bond acceptors (Lipinski definition) is 8. The molecule has 0 spiro atoms. The summed E-state index contributed by atoms with van der Waals surface area (Å²) in [6.07, 6.45) is 5.90. The van der Waals surface area contributed by atoms with Crippen LogP contribution in [-0.2, 0) is 6.54 Å². The molecule has 3 N–H and O–H groups in total. The number of fused-ring (bicyclic) bond motifs is 1. The molecule has 0 bridgehead atoms. The molecule has 6 rings (SSSR count). The molecule has 3 aromatic heterocycles. The van der Waals surface area contributed by atoms with Gasteiger partial charge in [0.25, 0.3) is 0 Å². The van der Waals surface area contributed by atoms with Gasteiger partial charge in [0.05, 0.1) is 23.3 Å². The summed E-state index contributed by atoms with van der Waals surface area (Å²) in [6, 6.07) is 12.1.